The molecule has 4 heteroatoms. The molecule has 0 fully saturated rings. The highest BCUT2D eigenvalue weighted by Gasteiger charge is 2.13. The summed E-state index contributed by atoms with van der Waals surface area (Å²) >= 11 is 3.85. The van der Waals surface area contributed by atoms with Crippen LogP contribution in [0.1, 0.15) is 0 Å². The van der Waals surface area contributed by atoms with Gasteiger partial charge in [-0.2, -0.15) is 12.6 Å². The van der Waals surface area contributed by atoms with Crippen LogP contribution in [0.5, 0.6) is 0 Å². The fourth-order valence-electron chi connectivity index (χ4n) is 0.241. The van der Waals surface area contributed by atoms with Gasteiger partial charge >= 0.3 is 5.97 Å². The number of esters is 1. The monoisotopic (exact) mass is 136 g/mol. The molecule has 0 saturated heterocycles. The van der Waals surface area contributed by atoms with Crippen molar-refractivity contribution in [2.75, 3.05) is 12.9 Å². The third kappa shape index (κ3) is 2.18. The summed E-state index contributed by atoms with van der Waals surface area (Å²) in [6.07, 6.45) is 0. The molecule has 0 rings (SSSR count). The van der Waals surface area contributed by atoms with Gasteiger partial charge in [0.05, 0.1) is 12.9 Å². The Morgan fingerprint density at radius 1 is 2.00 bits per heavy atom. The van der Waals surface area contributed by atoms with E-state index in [4.69, 9.17) is 0 Å². The lowest BCUT2D eigenvalue weighted by atomic mass is 10.4. The number of carbonyl (C=O) groups excluding carboxylic acids is 1. The van der Waals surface area contributed by atoms with Crippen LogP contribution in [-0.4, -0.2) is 24.9 Å². The Kier molecular flexibility index (Phi) is 3.64. The Bertz CT molecular complexity index is 86.1. The van der Waals surface area contributed by atoms with Crippen molar-refractivity contribution < 1.29 is 15.3 Å². The number of ether oxygens (including phenoxy) is 1. The number of methoxy groups -OCH3 is 1. The van der Waals surface area contributed by atoms with E-state index in [0.717, 1.165) is 0 Å². The summed E-state index contributed by atoms with van der Waals surface area (Å²) in [4.78, 5) is 10.4. The Morgan fingerprint density at radius 2 is 2.50 bits per heavy atom. The average molecular weight is 136 g/mol. The predicted molar refractivity (Wildman–Crippen MR) is 32.5 cm³/mol. The molecular weight excluding hydrogens is 126 g/mol. The second-order valence-corrected chi connectivity index (χ2v) is 1.77. The first kappa shape index (κ1) is 7.78. The molecule has 0 aromatic heterocycles. The topological polar surface area (TPSA) is 53.9 Å². The molecule has 1 atom stereocenters. The van der Waals surface area contributed by atoms with Crippen LogP contribution < -0.4 is 5.73 Å². The molecule has 0 aliphatic heterocycles. The Morgan fingerprint density at radius 3 is 2.62 bits per heavy atom. The molecule has 0 spiro atoms. The Labute approximate surface area is 53.6 Å². The molecule has 0 aromatic rings. The van der Waals surface area contributed by atoms with E-state index in [2.05, 4.69) is 23.1 Å². The minimum Gasteiger partial charge on any atom is -0.465 e. The molecule has 3 nitrogen and oxygen atoms in total. The summed E-state index contributed by atoms with van der Waals surface area (Å²) in [7, 11) is 1.34. The number of hydrogen-bond donors (Lipinski definition) is 2. The summed E-state index contributed by atoms with van der Waals surface area (Å²) in [6, 6.07) is -0.330. The van der Waals surface area contributed by atoms with Crippen molar-refractivity contribution in [2.45, 2.75) is 6.04 Å². The zero-order valence-electron chi connectivity index (χ0n) is 4.76. The van der Waals surface area contributed by atoms with Crippen LogP contribution in [0.25, 0.3) is 0 Å². The molecule has 3 N–H and O–H groups in total. The molecule has 0 aliphatic carbocycles. The number of hydrogen-bond acceptors (Lipinski definition) is 3. The quantitative estimate of drug-likeness (QED) is 0.366. The summed E-state index contributed by atoms with van der Waals surface area (Å²) < 4.78 is 4.35. The highest BCUT2D eigenvalue weighted by atomic mass is 32.1. The van der Waals surface area contributed by atoms with Crippen LogP contribution >= 0.6 is 12.6 Å². The number of quaternary nitrogens is 1. The Balaban J connectivity index is 3.46. The normalized spacial score (nSPS) is 12.9. The molecule has 0 aromatic carbocycles. The number of rotatable bonds is 2. The van der Waals surface area contributed by atoms with Gasteiger partial charge in [0, 0.05) is 0 Å². The summed E-state index contributed by atoms with van der Waals surface area (Å²) in [5.74, 6) is 0.132. The molecule has 0 radical (unpaired) electrons. The zero-order valence-corrected chi connectivity index (χ0v) is 5.65. The second kappa shape index (κ2) is 3.74. The van der Waals surface area contributed by atoms with E-state index < -0.39 is 0 Å². The number of carbonyl (C=O) groups is 1. The van der Waals surface area contributed by atoms with Gasteiger partial charge in [-0.15, -0.1) is 0 Å². The standard InChI is InChI=1S/C4H9NO2S/c1-7-4(6)3(5)2-8/h3,8H,2,5H2,1H3/p+1. The van der Waals surface area contributed by atoms with Crippen LogP contribution in [0.4, 0.5) is 0 Å². The minimum absolute atomic E-state index is 0.306. The highest BCUT2D eigenvalue weighted by molar-refractivity contribution is 7.80. The maximum Gasteiger partial charge on any atom is 0.365 e. The van der Waals surface area contributed by atoms with Crippen LogP contribution in [0.3, 0.4) is 0 Å². The maximum atomic E-state index is 10.4. The van der Waals surface area contributed by atoms with Gasteiger partial charge in [0.1, 0.15) is 0 Å². The summed E-state index contributed by atoms with van der Waals surface area (Å²) in [5.41, 5.74) is 3.48. The van der Waals surface area contributed by atoms with Crippen molar-refractivity contribution >= 4 is 18.6 Å². The van der Waals surface area contributed by atoms with Crippen LogP contribution in [0, 0.1) is 0 Å². The van der Waals surface area contributed by atoms with Gasteiger partial charge in [-0.25, -0.2) is 4.79 Å². The fraction of sp³-hybridized carbons (Fsp3) is 0.750. The zero-order chi connectivity index (χ0) is 6.57. The van der Waals surface area contributed by atoms with Crippen molar-refractivity contribution in [3.05, 3.63) is 0 Å². The van der Waals surface area contributed by atoms with E-state index in [1.54, 1.807) is 0 Å². The van der Waals surface area contributed by atoms with Crippen molar-refractivity contribution in [1.29, 1.82) is 0 Å². The molecule has 0 amide bonds. The summed E-state index contributed by atoms with van der Waals surface area (Å²) in [6.45, 7) is 0. The fourth-order valence-corrected chi connectivity index (χ4v) is 0.390. The van der Waals surface area contributed by atoms with Crippen molar-refractivity contribution in [2.24, 2.45) is 0 Å². The first-order valence-electron chi connectivity index (χ1n) is 2.24. The van der Waals surface area contributed by atoms with Gasteiger partial charge in [0.2, 0.25) is 0 Å². The predicted octanol–water partition coefficient (Wildman–Crippen LogP) is -1.30. The maximum absolute atomic E-state index is 10.4. The first-order valence-corrected chi connectivity index (χ1v) is 2.87. The summed E-state index contributed by atoms with van der Waals surface area (Å²) in [5, 5.41) is 0. The molecule has 8 heavy (non-hydrogen) atoms. The smallest absolute Gasteiger partial charge is 0.365 e. The lowest BCUT2D eigenvalue weighted by Gasteiger charge is -1.99. The lowest BCUT2D eigenvalue weighted by Crippen LogP contribution is -2.66. The molecular formula is C4H10NO2S+. The van der Waals surface area contributed by atoms with E-state index in [1.807, 2.05) is 0 Å². The van der Waals surface area contributed by atoms with Gasteiger partial charge in [-0.1, -0.05) is 0 Å². The second-order valence-electron chi connectivity index (χ2n) is 1.40. The van der Waals surface area contributed by atoms with Gasteiger partial charge in [-0.3, -0.25) is 0 Å². The van der Waals surface area contributed by atoms with Crippen molar-refractivity contribution in [1.82, 2.24) is 0 Å². The van der Waals surface area contributed by atoms with Gasteiger partial charge in [-0.05, 0) is 0 Å². The third-order valence-electron chi connectivity index (χ3n) is 0.755. The van der Waals surface area contributed by atoms with Crippen molar-refractivity contribution in [3.8, 4) is 0 Å². The van der Waals surface area contributed by atoms with Crippen molar-refractivity contribution in [3.63, 3.8) is 0 Å². The largest absolute Gasteiger partial charge is 0.465 e. The Hall–Kier alpha value is -0.220. The molecule has 0 aliphatic rings. The third-order valence-corrected chi connectivity index (χ3v) is 1.20. The van der Waals surface area contributed by atoms with Gasteiger partial charge in [0.25, 0.3) is 0 Å². The minimum atomic E-state index is -0.330. The molecule has 1 unspecified atom stereocenters. The molecule has 0 saturated carbocycles. The molecule has 0 heterocycles. The number of thiol groups is 1. The average Bonchev–Trinajstić information content (AvgIpc) is 1.84. The van der Waals surface area contributed by atoms with E-state index in [9.17, 15) is 4.79 Å². The highest BCUT2D eigenvalue weighted by Crippen LogP contribution is 1.82. The lowest BCUT2D eigenvalue weighted by molar-refractivity contribution is -0.400. The van der Waals surface area contributed by atoms with Crippen LogP contribution in [0.2, 0.25) is 0 Å². The van der Waals surface area contributed by atoms with Crippen LogP contribution in [0.15, 0.2) is 0 Å². The van der Waals surface area contributed by atoms with E-state index >= 15 is 0 Å². The van der Waals surface area contributed by atoms with Gasteiger partial charge in [0.15, 0.2) is 6.04 Å². The molecule has 48 valence electrons. The van der Waals surface area contributed by atoms with E-state index in [-0.39, 0.29) is 12.0 Å². The van der Waals surface area contributed by atoms with E-state index in [0.29, 0.717) is 5.75 Å². The van der Waals surface area contributed by atoms with Gasteiger partial charge < -0.3 is 10.5 Å². The molecule has 0 bridgehead atoms. The van der Waals surface area contributed by atoms with E-state index in [1.165, 1.54) is 7.11 Å². The van der Waals surface area contributed by atoms with Crippen LogP contribution in [-0.2, 0) is 9.53 Å². The SMILES string of the molecule is COC(=O)C([NH3+])CS. The first-order chi connectivity index (χ1) is 3.72.